The molecule has 1 saturated heterocycles. The fourth-order valence-electron chi connectivity index (χ4n) is 3.10. The summed E-state index contributed by atoms with van der Waals surface area (Å²) >= 11 is 0. The second-order valence-electron chi connectivity index (χ2n) is 5.70. The number of hydrogen-bond acceptors (Lipinski definition) is 3. The van der Waals surface area contributed by atoms with Crippen LogP contribution in [0.15, 0.2) is 0 Å². The molecule has 0 spiro atoms. The van der Waals surface area contributed by atoms with Gasteiger partial charge in [0.05, 0.1) is 13.2 Å². The number of halogens is 1. The SMILES string of the molecule is CC1CC(C)CC(NC(=O)C2COCCN2)C1.Cl. The summed E-state index contributed by atoms with van der Waals surface area (Å²) in [5, 5.41) is 6.36. The number of nitrogens with one attached hydrogen (secondary N) is 2. The van der Waals surface area contributed by atoms with Gasteiger partial charge in [0.15, 0.2) is 0 Å². The van der Waals surface area contributed by atoms with Crippen molar-refractivity contribution >= 4 is 18.3 Å². The number of carbonyl (C=O) groups is 1. The molecule has 106 valence electrons. The van der Waals surface area contributed by atoms with E-state index in [0.29, 0.717) is 19.3 Å². The van der Waals surface area contributed by atoms with Crippen LogP contribution in [0.2, 0.25) is 0 Å². The van der Waals surface area contributed by atoms with E-state index in [1.165, 1.54) is 6.42 Å². The van der Waals surface area contributed by atoms with Crippen molar-refractivity contribution in [1.82, 2.24) is 10.6 Å². The standard InChI is InChI=1S/C13H24N2O2.ClH/c1-9-5-10(2)7-11(6-9)15-13(16)12-8-17-4-3-14-12;/h9-12,14H,3-8H2,1-2H3,(H,15,16);1H. The first-order chi connectivity index (χ1) is 8.15. The number of ether oxygens (including phenoxy) is 1. The Morgan fingerprint density at radius 1 is 1.22 bits per heavy atom. The van der Waals surface area contributed by atoms with E-state index in [4.69, 9.17) is 4.74 Å². The molecule has 1 heterocycles. The lowest BCUT2D eigenvalue weighted by atomic mass is 9.80. The molecule has 2 aliphatic rings. The Bertz CT molecular complexity index is 260. The van der Waals surface area contributed by atoms with E-state index in [9.17, 15) is 4.79 Å². The molecule has 0 aromatic carbocycles. The van der Waals surface area contributed by atoms with Crippen molar-refractivity contribution in [3.05, 3.63) is 0 Å². The van der Waals surface area contributed by atoms with E-state index in [2.05, 4.69) is 24.5 Å². The summed E-state index contributed by atoms with van der Waals surface area (Å²) in [4.78, 5) is 12.0. The maximum Gasteiger partial charge on any atom is 0.239 e. The highest BCUT2D eigenvalue weighted by Crippen LogP contribution is 2.28. The lowest BCUT2D eigenvalue weighted by Crippen LogP contribution is -2.54. The molecule has 0 aromatic heterocycles. The Kier molecular flexibility index (Phi) is 6.39. The van der Waals surface area contributed by atoms with Gasteiger partial charge in [-0.25, -0.2) is 0 Å². The van der Waals surface area contributed by atoms with E-state index in [0.717, 1.165) is 31.2 Å². The summed E-state index contributed by atoms with van der Waals surface area (Å²) in [6, 6.07) is 0.196. The summed E-state index contributed by atoms with van der Waals surface area (Å²) in [5.74, 6) is 1.55. The molecule has 1 amide bonds. The smallest absolute Gasteiger partial charge is 0.239 e. The maximum absolute atomic E-state index is 12.0. The zero-order valence-electron chi connectivity index (χ0n) is 11.3. The van der Waals surface area contributed by atoms with Crippen LogP contribution in [0, 0.1) is 11.8 Å². The molecule has 2 rings (SSSR count). The summed E-state index contributed by atoms with van der Waals surface area (Å²) in [6.07, 6.45) is 3.52. The first kappa shape index (κ1) is 15.7. The Balaban J connectivity index is 0.00000162. The van der Waals surface area contributed by atoms with Gasteiger partial charge in [-0.05, 0) is 31.1 Å². The third kappa shape index (κ3) is 4.41. The molecular formula is C13H25ClN2O2. The summed E-state index contributed by atoms with van der Waals surface area (Å²) < 4.78 is 5.31. The zero-order chi connectivity index (χ0) is 12.3. The van der Waals surface area contributed by atoms with Crippen LogP contribution < -0.4 is 10.6 Å². The van der Waals surface area contributed by atoms with Crippen molar-refractivity contribution in [2.45, 2.75) is 45.2 Å². The van der Waals surface area contributed by atoms with Gasteiger partial charge in [-0.15, -0.1) is 12.4 Å². The lowest BCUT2D eigenvalue weighted by molar-refractivity contribution is -0.127. The highest BCUT2D eigenvalue weighted by molar-refractivity contribution is 5.85. The van der Waals surface area contributed by atoms with Gasteiger partial charge in [0.2, 0.25) is 5.91 Å². The summed E-state index contributed by atoms with van der Waals surface area (Å²) in [7, 11) is 0. The Morgan fingerprint density at radius 2 is 1.89 bits per heavy atom. The molecule has 5 heteroatoms. The summed E-state index contributed by atoms with van der Waals surface area (Å²) in [6.45, 7) is 6.54. The topological polar surface area (TPSA) is 50.4 Å². The largest absolute Gasteiger partial charge is 0.378 e. The fourth-order valence-corrected chi connectivity index (χ4v) is 3.10. The number of amides is 1. The Morgan fingerprint density at radius 3 is 2.44 bits per heavy atom. The van der Waals surface area contributed by atoms with Gasteiger partial charge in [-0.2, -0.15) is 0 Å². The summed E-state index contributed by atoms with van der Waals surface area (Å²) in [5.41, 5.74) is 0. The quantitative estimate of drug-likeness (QED) is 0.800. The molecule has 0 bridgehead atoms. The van der Waals surface area contributed by atoms with Crippen LogP contribution in [0.1, 0.15) is 33.1 Å². The van der Waals surface area contributed by atoms with E-state index in [-0.39, 0.29) is 24.4 Å². The second-order valence-corrected chi connectivity index (χ2v) is 5.70. The van der Waals surface area contributed by atoms with Crippen molar-refractivity contribution in [3.63, 3.8) is 0 Å². The zero-order valence-corrected chi connectivity index (χ0v) is 12.1. The predicted molar refractivity (Wildman–Crippen MR) is 74.0 cm³/mol. The third-order valence-corrected chi connectivity index (χ3v) is 3.76. The van der Waals surface area contributed by atoms with Crippen LogP contribution in [0.5, 0.6) is 0 Å². The van der Waals surface area contributed by atoms with E-state index >= 15 is 0 Å². The lowest BCUT2D eigenvalue weighted by Gasteiger charge is -2.33. The average molecular weight is 277 g/mol. The third-order valence-electron chi connectivity index (χ3n) is 3.76. The second kappa shape index (κ2) is 7.31. The van der Waals surface area contributed by atoms with Gasteiger partial charge in [-0.3, -0.25) is 4.79 Å². The minimum absolute atomic E-state index is 0. The minimum atomic E-state index is -0.156. The van der Waals surface area contributed by atoms with Crippen LogP contribution in [0.3, 0.4) is 0 Å². The first-order valence-corrected chi connectivity index (χ1v) is 6.76. The van der Waals surface area contributed by atoms with Crippen molar-refractivity contribution in [2.24, 2.45) is 11.8 Å². The van der Waals surface area contributed by atoms with Gasteiger partial charge >= 0.3 is 0 Å². The monoisotopic (exact) mass is 276 g/mol. The number of rotatable bonds is 2. The number of morpholine rings is 1. The molecule has 1 aliphatic heterocycles. The fraction of sp³-hybridized carbons (Fsp3) is 0.923. The molecule has 1 saturated carbocycles. The highest BCUT2D eigenvalue weighted by Gasteiger charge is 2.28. The highest BCUT2D eigenvalue weighted by atomic mass is 35.5. The molecule has 18 heavy (non-hydrogen) atoms. The van der Waals surface area contributed by atoms with Crippen molar-refractivity contribution in [3.8, 4) is 0 Å². The van der Waals surface area contributed by atoms with Crippen LogP contribution in [-0.4, -0.2) is 37.7 Å². The van der Waals surface area contributed by atoms with Crippen LogP contribution in [0.4, 0.5) is 0 Å². The van der Waals surface area contributed by atoms with Crippen LogP contribution >= 0.6 is 12.4 Å². The van der Waals surface area contributed by atoms with Crippen molar-refractivity contribution < 1.29 is 9.53 Å². The average Bonchev–Trinajstić information content (AvgIpc) is 2.28. The maximum atomic E-state index is 12.0. The minimum Gasteiger partial charge on any atom is -0.378 e. The molecule has 2 N–H and O–H groups in total. The van der Waals surface area contributed by atoms with Gasteiger partial charge in [0, 0.05) is 12.6 Å². The molecule has 1 aliphatic carbocycles. The van der Waals surface area contributed by atoms with E-state index < -0.39 is 0 Å². The van der Waals surface area contributed by atoms with Gasteiger partial charge in [0.25, 0.3) is 0 Å². The Labute approximate surface area is 116 Å². The number of hydrogen-bond donors (Lipinski definition) is 2. The normalized spacial score (nSPS) is 36.6. The molecular weight excluding hydrogens is 252 g/mol. The predicted octanol–water partition coefficient (Wildman–Crippen LogP) is 1.34. The molecule has 0 aromatic rings. The molecule has 3 atom stereocenters. The molecule has 2 fully saturated rings. The van der Waals surface area contributed by atoms with Gasteiger partial charge in [-0.1, -0.05) is 13.8 Å². The molecule has 4 nitrogen and oxygen atoms in total. The van der Waals surface area contributed by atoms with Crippen LogP contribution in [0.25, 0.3) is 0 Å². The number of carbonyl (C=O) groups excluding carboxylic acids is 1. The molecule has 3 unspecified atom stereocenters. The van der Waals surface area contributed by atoms with E-state index in [1.807, 2.05) is 0 Å². The van der Waals surface area contributed by atoms with E-state index in [1.54, 1.807) is 0 Å². The Hall–Kier alpha value is -0.320. The van der Waals surface area contributed by atoms with Crippen molar-refractivity contribution in [2.75, 3.05) is 19.8 Å². The first-order valence-electron chi connectivity index (χ1n) is 6.76. The van der Waals surface area contributed by atoms with Gasteiger partial charge in [0.1, 0.15) is 6.04 Å². The van der Waals surface area contributed by atoms with Crippen molar-refractivity contribution in [1.29, 1.82) is 0 Å². The molecule has 0 radical (unpaired) electrons. The van der Waals surface area contributed by atoms with Gasteiger partial charge < -0.3 is 15.4 Å². The van der Waals surface area contributed by atoms with Crippen LogP contribution in [-0.2, 0) is 9.53 Å².